The van der Waals surface area contributed by atoms with Gasteiger partial charge in [0.15, 0.2) is 0 Å². The van der Waals surface area contributed by atoms with Gasteiger partial charge in [-0.2, -0.15) is 39.5 Å². The molecule has 1 amide bonds. The first kappa shape index (κ1) is 32.8. The number of carboxylic acid groups (broad SMARTS) is 1. The van der Waals surface area contributed by atoms with E-state index in [0.717, 1.165) is 24.3 Å². The molecule has 0 spiro atoms. The lowest BCUT2D eigenvalue weighted by Gasteiger charge is -2.15. The zero-order valence-electron chi connectivity index (χ0n) is 21.4. The first-order valence-electron chi connectivity index (χ1n) is 11.9. The van der Waals surface area contributed by atoms with Crippen molar-refractivity contribution in [2.24, 2.45) is 5.16 Å². The third-order valence-corrected chi connectivity index (χ3v) is 5.48. The average Bonchev–Trinajstić information content (AvgIpc) is 2.91. The number of hydrogen-bond acceptors (Lipinski definition) is 5. The van der Waals surface area contributed by atoms with Crippen molar-refractivity contribution in [2.45, 2.75) is 24.9 Å². The lowest BCUT2D eigenvalue weighted by atomic mass is 10.0. The molecule has 0 fully saturated rings. The zero-order chi connectivity index (χ0) is 32.0. The van der Waals surface area contributed by atoms with Crippen molar-refractivity contribution in [3.63, 3.8) is 0 Å². The number of aromatic carboxylic acids is 1. The first-order valence-corrected chi connectivity index (χ1v) is 11.9. The molecule has 16 heteroatoms. The van der Waals surface area contributed by atoms with Gasteiger partial charge >= 0.3 is 24.5 Å². The standard InChI is InChI=1S/C27H19F9N2O5/c28-25(29,30)17-4-2-15(3-5-17)14-37-43-9-1-8-42-20-6-7-21(24(40)41)22(13-20)38-23(39)16-10-18(26(31,32)33)12-19(11-16)27(34,35)36/h2-7,10-14H,1,8-9H2,(H,38,39)(H,40,41)/b37-14-. The Morgan fingerprint density at radius 3 is 1.88 bits per heavy atom. The molecule has 230 valence electrons. The molecule has 7 nitrogen and oxygen atoms in total. The molecule has 0 aliphatic rings. The van der Waals surface area contributed by atoms with E-state index in [1.807, 2.05) is 5.32 Å². The number of rotatable bonds is 10. The highest BCUT2D eigenvalue weighted by Gasteiger charge is 2.37. The van der Waals surface area contributed by atoms with E-state index in [1.165, 1.54) is 24.4 Å². The van der Waals surface area contributed by atoms with E-state index < -0.39 is 63.9 Å². The van der Waals surface area contributed by atoms with Crippen LogP contribution in [0.2, 0.25) is 0 Å². The Hall–Kier alpha value is -4.76. The highest BCUT2D eigenvalue weighted by atomic mass is 19.4. The van der Waals surface area contributed by atoms with Crippen molar-refractivity contribution in [1.82, 2.24) is 0 Å². The van der Waals surface area contributed by atoms with Gasteiger partial charge in [-0.25, -0.2) is 4.79 Å². The van der Waals surface area contributed by atoms with Crippen molar-refractivity contribution in [2.75, 3.05) is 18.5 Å². The Labute approximate surface area is 236 Å². The molecule has 2 N–H and O–H groups in total. The second-order valence-corrected chi connectivity index (χ2v) is 8.65. The molecule has 0 aliphatic carbocycles. The number of nitrogens with one attached hydrogen (secondary N) is 1. The van der Waals surface area contributed by atoms with E-state index in [2.05, 4.69) is 5.16 Å². The van der Waals surface area contributed by atoms with E-state index in [9.17, 15) is 54.2 Å². The lowest BCUT2D eigenvalue weighted by Crippen LogP contribution is -2.18. The van der Waals surface area contributed by atoms with Gasteiger partial charge in [-0.1, -0.05) is 17.3 Å². The molecule has 0 unspecified atom stereocenters. The largest absolute Gasteiger partial charge is 0.493 e. The topological polar surface area (TPSA) is 97.2 Å². The molecule has 3 aromatic carbocycles. The van der Waals surface area contributed by atoms with Gasteiger partial charge in [0.2, 0.25) is 0 Å². The fourth-order valence-electron chi connectivity index (χ4n) is 3.41. The van der Waals surface area contributed by atoms with Crippen LogP contribution in [0, 0.1) is 0 Å². The third-order valence-electron chi connectivity index (χ3n) is 5.48. The summed E-state index contributed by atoms with van der Waals surface area (Å²) in [5.74, 6) is -3.00. The minimum atomic E-state index is -5.20. The van der Waals surface area contributed by atoms with Gasteiger partial charge in [0.1, 0.15) is 12.4 Å². The summed E-state index contributed by atoms with van der Waals surface area (Å²) in [5.41, 5.74) is -5.94. The molecule has 3 aromatic rings. The van der Waals surface area contributed by atoms with Crippen LogP contribution in [0.4, 0.5) is 45.2 Å². The zero-order valence-corrected chi connectivity index (χ0v) is 21.4. The lowest BCUT2D eigenvalue weighted by molar-refractivity contribution is -0.143. The van der Waals surface area contributed by atoms with Gasteiger partial charge in [-0.05, 0) is 48.0 Å². The van der Waals surface area contributed by atoms with Gasteiger partial charge in [0, 0.05) is 18.1 Å². The molecule has 0 saturated carbocycles. The monoisotopic (exact) mass is 622 g/mol. The Morgan fingerprint density at radius 2 is 1.35 bits per heavy atom. The Kier molecular flexibility index (Phi) is 9.93. The van der Waals surface area contributed by atoms with Crippen LogP contribution in [0.1, 0.15) is 49.4 Å². The molecule has 0 aliphatic heterocycles. The number of carbonyl (C=O) groups is 2. The predicted octanol–water partition coefficient (Wildman–Crippen LogP) is 7.51. The summed E-state index contributed by atoms with van der Waals surface area (Å²) in [6.45, 7) is -0.0524. The average molecular weight is 622 g/mol. The third kappa shape index (κ3) is 9.37. The highest BCUT2D eigenvalue weighted by Crippen LogP contribution is 2.36. The summed E-state index contributed by atoms with van der Waals surface area (Å²) in [6, 6.07) is 7.61. The van der Waals surface area contributed by atoms with Gasteiger partial charge < -0.3 is 20.0 Å². The SMILES string of the molecule is O=C(Nc1cc(OCCCO/N=C\c2ccc(C(F)(F)F)cc2)ccc1C(=O)O)c1cc(C(F)(F)F)cc(C(F)(F)F)c1. The van der Waals surface area contributed by atoms with Crippen LogP contribution in [-0.2, 0) is 23.4 Å². The number of benzene rings is 3. The molecule has 0 heterocycles. The maximum absolute atomic E-state index is 13.1. The van der Waals surface area contributed by atoms with Crippen LogP contribution in [0.15, 0.2) is 65.8 Å². The van der Waals surface area contributed by atoms with E-state index in [4.69, 9.17) is 9.57 Å². The summed E-state index contributed by atoms with van der Waals surface area (Å²) < 4.78 is 122. The number of ether oxygens (including phenoxy) is 1. The predicted molar refractivity (Wildman–Crippen MR) is 133 cm³/mol. The van der Waals surface area contributed by atoms with E-state index >= 15 is 0 Å². The maximum atomic E-state index is 13.1. The number of carbonyl (C=O) groups excluding carboxylic acids is 1. The Morgan fingerprint density at radius 1 is 0.767 bits per heavy atom. The molecule has 0 aromatic heterocycles. The van der Waals surface area contributed by atoms with Crippen molar-refractivity contribution < 1.29 is 63.8 Å². The van der Waals surface area contributed by atoms with Crippen molar-refractivity contribution in [3.05, 3.63) is 94.0 Å². The van der Waals surface area contributed by atoms with Crippen LogP contribution in [0.5, 0.6) is 5.75 Å². The minimum absolute atomic E-state index is 0.00595. The smallest absolute Gasteiger partial charge is 0.416 e. The first-order chi connectivity index (χ1) is 19.9. The Bertz CT molecular complexity index is 1450. The van der Waals surface area contributed by atoms with Crippen LogP contribution in [0.3, 0.4) is 0 Å². The number of carboxylic acids is 1. The van der Waals surface area contributed by atoms with Crippen LogP contribution >= 0.6 is 0 Å². The number of nitrogens with zero attached hydrogens (tertiary/aromatic N) is 1. The van der Waals surface area contributed by atoms with Crippen molar-refractivity contribution >= 4 is 23.8 Å². The number of oxime groups is 1. The number of alkyl halides is 9. The molecular formula is C27H19F9N2O5. The maximum Gasteiger partial charge on any atom is 0.416 e. The van der Waals surface area contributed by atoms with E-state index in [0.29, 0.717) is 5.56 Å². The van der Waals surface area contributed by atoms with Crippen molar-refractivity contribution in [1.29, 1.82) is 0 Å². The minimum Gasteiger partial charge on any atom is -0.493 e. The van der Waals surface area contributed by atoms with Gasteiger partial charge in [0.25, 0.3) is 5.91 Å². The van der Waals surface area contributed by atoms with Gasteiger partial charge in [-0.15, -0.1) is 0 Å². The van der Waals surface area contributed by atoms with Crippen LogP contribution in [-0.4, -0.2) is 36.4 Å². The van der Waals surface area contributed by atoms with E-state index in [1.54, 1.807) is 0 Å². The molecular weight excluding hydrogens is 603 g/mol. The summed E-state index contributed by atoms with van der Waals surface area (Å²) in [7, 11) is 0. The molecule has 0 radical (unpaired) electrons. The Balaban J connectivity index is 1.63. The molecule has 43 heavy (non-hydrogen) atoms. The molecule has 0 saturated heterocycles. The highest BCUT2D eigenvalue weighted by molar-refractivity contribution is 6.08. The molecule has 0 atom stereocenters. The normalized spacial score (nSPS) is 12.3. The van der Waals surface area contributed by atoms with Gasteiger partial charge in [-0.3, -0.25) is 4.79 Å². The fourth-order valence-corrected chi connectivity index (χ4v) is 3.41. The molecule has 3 rings (SSSR count). The number of amides is 1. The number of hydrogen-bond donors (Lipinski definition) is 2. The second kappa shape index (κ2) is 13.0. The van der Waals surface area contributed by atoms with Crippen molar-refractivity contribution in [3.8, 4) is 5.75 Å². The van der Waals surface area contributed by atoms with E-state index in [-0.39, 0.29) is 43.6 Å². The fraction of sp³-hybridized carbons (Fsp3) is 0.222. The number of anilines is 1. The summed E-state index contributed by atoms with van der Waals surface area (Å²) in [4.78, 5) is 29.2. The van der Waals surface area contributed by atoms with Crippen LogP contribution in [0.25, 0.3) is 0 Å². The summed E-state index contributed by atoms with van der Waals surface area (Å²) >= 11 is 0. The number of halogens is 9. The van der Waals surface area contributed by atoms with Crippen LogP contribution < -0.4 is 10.1 Å². The summed E-state index contributed by atoms with van der Waals surface area (Å²) in [6.07, 6.45) is -13.5. The van der Waals surface area contributed by atoms with Gasteiger partial charge in [0.05, 0.1) is 40.8 Å². The molecule has 0 bridgehead atoms. The quantitative estimate of drug-likeness (QED) is 0.106. The summed E-state index contributed by atoms with van der Waals surface area (Å²) in [5, 5.41) is 15.0. The second-order valence-electron chi connectivity index (χ2n) is 8.65.